The lowest BCUT2D eigenvalue weighted by Gasteiger charge is -2.11. The van der Waals surface area contributed by atoms with Gasteiger partial charge in [0.25, 0.3) is 0 Å². The Bertz CT molecular complexity index is 1260. The molecule has 4 aromatic rings. The number of hydrogen-bond acceptors (Lipinski definition) is 7. The molecule has 0 aliphatic rings. The van der Waals surface area contributed by atoms with E-state index in [4.69, 9.17) is 4.74 Å². The fraction of sp³-hybridized carbons (Fsp3) is 0.182. The molecule has 0 amide bonds. The van der Waals surface area contributed by atoms with Crippen LogP contribution in [0.2, 0.25) is 0 Å². The SMILES string of the molecule is CCOC(=O)c1nn(Cc2ccc(-c3ccc(C)nc3)nc2)c2ncccc2c1=O. The third-order valence-electron chi connectivity index (χ3n) is 4.54. The molecule has 0 aliphatic carbocycles. The normalized spacial score (nSPS) is 10.9. The number of carbonyl (C=O) groups is 1. The Morgan fingerprint density at radius 2 is 1.93 bits per heavy atom. The van der Waals surface area contributed by atoms with E-state index in [9.17, 15) is 9.59 Å². The van der Waals surface area contributed by atoms with Gasteiger partial charge >= 0.3 is 5.97 Å². The summed E-state index contributed by atoms with van der Waals surface area (Å²) in [5, 5.41) is 4.54. The van der Waals surface area contributed by atoms with Crippen LogP contribution in [0.1, 0.15) is 28.7 Å². The fourth-order valence-electron chi connectivity index (χ4n) is 3.05. The third-order valence-corrected chi connectivity index (χ3v) is 4.54. The Balaban J connectivity index is 1.71. The van der Waals surface area contributed by atoms with Gasteiger partial charge in [0, 0.05) is 29.8 Å². The summed E-state index contributed by atoms with van der Waals surface area (Å²) in [5.74, 6) is -0.748. The first-order chi connectivity index (χ1) is 14.6. The van der Waals surface area contributed by atoms with Gasteiger partial charge in [0.1, 0.15) is 0 Å². The van der Waals surface area contributed by atoms with Crippen LogP contribution >= 0.6 is 0 Å². The molecule has 150 valence electrons. The fourth-order valence-corrected chi connectivity index (χ4v) is 3.05. The van der Waals surface area contributed by atoms with E-state index in [-0.39, 0.29) is 12.3 Å². The largest absolute Gasteiger partial charge is 0.461 e. The standard InChI is InChI=1S/C22H19N5O3/c1-3-30-22(29)19-20(28)17-5-4-10-23-21(17)27(26-19)13-15-7-9-18(25-11-15)16-8-6-14(2)24-12-16/h4-12H,3,13H2,1-2H3. The maximum absolute atomic E-state index is 12.6. The minimum absolute atomic E-state index is 0.157. The summed E-state index contributed by atoms with van der Waals surface area (Å²) in [6.45, 7) is 4.06. The number of carbonyl (C=O) groups excluding carboxylic acids is 1. The molecule has 0 unspecified atom stereocenters. The molecule has 4 heterocycles. The zero-order valence-corrected chi connectivity index (χ0v) is 16.6. The van der Waals surface area contributed by atoms with Gasteiger partial charge in [-0.25, -0.2) is 14.5 Å². The van der Waals surface area contributed by atoms with Gasteiger partial charge in [0.05, 0.1) is 24.2 Å². The van der Waals surface area contributed by atoms with Gasteiger partial charge in [-0.05, 0) is 49.7 Å². The summed E-state index contributed by atoms with van der Waals surface area (Å²) in [6.07, 6.45) is 5.09. The lowest BCUT2D eigenvalue weighted by Crippen LogP contribution is -2.25. The molecule has 0 saturated heterocycles. The highest BCUT2D eigenvalue weighted by Gasteiger charge is 2.19. The van der Waals surface area contributed by atoms with Crippen molar-refractivity contribution in [1.82, 2.24) is 24.7 Å². The van der Waals surface area contributed by atoms with Crippen LogP contribution < -0.4 is 5.43 Å². The molecule has 30 heavy (non-hydrogen) atoms. The molecule has 0 bridgehead atoms. The predicted octanol–water partition coefficient (Wildman–Crippen LogP) is 2.78. The topological polar surface area (TPSA) is 99.9 Å². The van der Waals surface area contributed by atoms with Gasteiger partial charge < -0.3 is 4.74 Å². The molecule has 4 aromatic heterocycles. The highest BCUT2D eigenvalue weighted by atomic mass is 16.5. The molecule has 8 nitrogen and oxygen atoms in total. The molecule has 0 N–H and O–H groups in total. The van der Waals surface area contributed by atoms with E-state index in [0.717, 1.165) is 22.5 Å². The molecular formula is C22H19N5O3. The number of rotatable bonds is 5. The summed E-state index contributed by atoms with van der Waals surface area (Å²) >= 11 is 0. The zero-order chi connectivity index (χ0) is 21.1. The van der Waals surface area contributed by atoms with Gasteiger partial charge in [-0.1, -0.05) is 6.07 Å². The van der Waals surface area contributed by atoms with Crippen LogP contribution in [0.25, 0.3) is 22.3 Å². The summed E-state index contributed by atoms with van der Waals surface area (Å²) < 4.78 is 6.50. The number of esters is 1. The third kappa shape index (κ3) is 3.80. The average molecular weight is 401 g/mol. The lowest BCUT2D eigenvalue weighted by atomic mass is 10.1. The van der Waals surface area contributed by atoms with Crippen LogP contribution in [0.5, 0.6) is 0 Å². The molecule has 0 aromatic carbocycles. The molecular weight excluding hydrogens is 382 g/mol. The monoisotopic (exact) mass is 401 g/mol. The van der Waals surface area contributed by atoms with Crippen molar-refractivity contribution in [3.8, 4) is 11.3 Å². The number of nitrogens with zero attached hydrogens (tertiary/aromatic N) is 5. The Morgan fingerprint density at radius 3 is 2.63 bits per heavy atom. The number of pyridine rings is 3. The smallest absolute Gasteiger partial charge is 0.362 e. The van der Waals surface area contributed by atoms with Crippen LogP contribution in [0.15, 0.2) is 59.8 Å². The summed E-state index contributed by atoms with van der Waals surface area (Å²) in [4.78, 5) is 37.9. The number of aromatic nitrogens is 5. The van der Waals surface area contributed by atoms with E-state index < -0.39 is 11.4 Å². The maximum Gasteiger partial charge on any atom is 0.362 e. The highest BCUT2D eigenvalue weighted by Crippen LogP contribution is 2.17. The van der Waals surface area contributed by atoms with Crippen molar-refractivity contribution in [2.24, 2.45) is 0 Å². The van der Waals surface area contributed by atoms with Gasteiger partial charge in [0.15, 0.2) is 5.65 Å². The van der Waals surface area contributed by atoms with Crippen LogP contribution in [0.3, 0.4) is 0 Å². The molecule has 4 rings (SSSR count). The van der Waals surface area contributed by atoms with Crippen molar-refractivity contribution in [1.29, 1.82) is 0 Å². The Hall–Kier alpha value is -3.94. The van der Waals surface area contributed by atoms with Crippen LogP contribution in [0.4, 0.5) is 0 Å². The molecule has 8 heteroatoms. The van der Waals surface area contributed by atoms with Crippen LogP contribution in [0, 0.1) is 6.92 Å². The van der Waals surface area contributed by atoms with Crippen LogP contribution in [-0.2, 0) is 11.3 Å². The Labute approximate surface area is 172 Å². The van der Waals surface area contributed by atoms with Crippen molar-refractivity contribution >= 4 is 17.0 Å². The molecule has 0 fully saturated rings. The molecule has 0 aliphatic heterocycles. The van der Waals surface area contributed by atoms with Crippen molar-refractivity contribution in [2.45, 2.75) is 20.4 Å². The van der Waals surface area contributed by atoms with E-state index in [0.29, 0.717) is 17.6 Å². The molecule has 0 saturated carbocycles. The van der Waals surface area contributed by atoms with Gasteiger partial charge in [-0.3, -0.25) is 14.8 Å². The zero-order valence-electron chi connectivity index (χ0n) is 16.6. The van der Waals surface area contributed by atoms with Crippen molar-refractivity contribution in [3.63, 3.8) is 0 Å². The second-order valence-corrected chi connectivity index (χ2v) is 6.67. The van der Waals surface area contributed by atoms with E-state index in [1.165, 1.54) is 4.68 Å². The number of fused-ring (bicyclic) bond motifs is 1. The van der Waals surface area contributed by atoms with E-state index >= 15 is 0 Å². The van der Waals surface area contributed by atoms with Gasteiger partial charge in [0.2, 0.25) is 11.1 Å². The van der Waals surface area contributed by atoms with E-state index in [2.05, 4.69) is 20.1 Å². The lowest BCUT2D eigenvalue weighted by molar-refractivity contribution is 0.0515. The van der Waals surface area contributed by atoms with Gasteiger partial charge in [-0.2, -0.15) is 5.10 Å². The van der Waals surface area contributed by atoms with Crippen molar-refractivity contribution in [3.05, 3.63) is 82.2 Å². The van der Waals surface area contributed by atoms with E-state index in [1.54, 1.807) is 37.6 Å². The average Bonchev–Trinajstić information content (AvgIpc) is 2.77. The minimum Gasteiger partial charge on any atom is -0.461 e. The van der Waals surface area contributed by atoms with Crippen molar-refractivity contribution < 1.29 is 9.53 Å². The summed E-state index contributed by atoms with van der Waals surface area (Å²) in [7, 11) is 0. The number of aryl methyl sites for hydroxylation is 1. The summed E-state index contributed by atoms with van der Waals surface area (Å²) in [6, 6.07) is 11.0. The quantitative estimate of drug-likeness (QED) is 0.474. The Kier molecular flexibility index (Phi) is 5.30. The molecule has 0 spiro atoms. The van der Waals surface area contributed by atoms with Crippen molar-refractivity contribution in [2.75, 3.05) is 6.61 Å². The first-order valence-corrected chi connectivity index (χ1v) is 9.47. The summed E-state index contributed by atoms with van der Waals surface area (Å²) in [5.41, 5.74) is 3.15. The first-order valence-electron chi connectivity index (χ1n) is 9.47. The second-order valence-electron chi connectivity index (χ2n) is 6.67. The van der Waals surface area contributed by atoms with Crippen LogP contribution in [-0.4, -0.2) is 37.3 Å². The number of hydrogen-bond donors (Lipinski definition) is 0. The first kappa shape index (κ1) is 19.4. The number of ether oxygens (including phenoxy) is 1. The Morgan fingerprint density at radius 1 is 1.07 bits per heavy atom. The predicted molar refractivity (Wildman–Crippen MR) is 111 cm³/mol. The van der Waals surface area contributed by atoms with E-state index in [1.807, 2.05) is 31.2 Å². The highest BCUT2D eigenvalue weighted by molar-refractivity contribution is 5.90. The minimum atomic E-state index is -0.748. The molecule has 0 atom stereocenters. The van der Waals surface area contributed by atoms with Gasteiger partial charge in [-0.15, -0.1) is 0 Å². The maximum atomic E-state index is 12.6. The molecule has 0 radical (unpaired) electrons. The second kappa shape index (κ2) is 8.20.